The smallest absolute Gasteiger partial charge is 0.236 e. The van der Waals surface area contributed by atoms with Gasteiger partial charge in [-0.1, -0.05) is 49.0 Å². The number of carbonyl (C=O) groups is 1. The van der Waals surface area contributed by atoms with E-state index in [9.17, 15) is 9.18 Å². The second kappa shape index (κ2) is 10.6. The molecule has 2 aromatic carbocycles. The van der Waals surface area contributed by atoms with Gasteiger partial charge < -0.3 is 10.6 Å². The van der Waals surface area contributed by atoms with Gasteiger partial charge in [-0.15, -0.1) is 0 Å². The summed E-state index contributed by atoms with van der Waals surface area (Å²) in [6.45, 7) is 4.84. The Kier molecular flexibility index (Phi) is 7.23. The van der Waals surface area contributed by atoms with Crippen LogP contribution in [0.5, 0.6) is 0 Å². The van der Waals surface area contributed by atoms with Crippen molar-refractivity contribution >= 4 is 34.7 Å². The molecule has 3 heterocycles. The van der Waals surface area contributed by atoms with Gasteiger partial charge in [-0.25, -0.2) is 8.78 Å². The molecule has 0 aliphatic carbocycles. The molecule has 2 aliphatic heterocycles. The number of pyridine rings is 1. The fourth-order valence-electron chi connectivity index (χ4n) is 5.12. The predicted molar refractivity (Wildman–Crippen MR) is 149 cm³/mol. The third-order valence-corrected chi connectivity index (χ3v) is 8.54. The van der Waals surface area contributed by atoms with Crippen LogP contribution in [-0.2, 0) is 23.4 Å². The minimum absolute atomic E-state index is 0.0143. The monoisotopic (exact) mass is 543 g/mol. The molecule has 0 saturated carbocycles. The average Bonchev–Trinajstić information content (AvgIpc) is 3.32. The highest BCUT2D eigenvalue weighted by Crippen LogP contribution is 2.43. The molecule has 0 radical (unpaired) electrons. The van der Waals surface area contributed by atoms with E-state index in [1.807, 2.05) is 42.2 Å². The molecule has 0 spiro atoms. The molecule has 0 saturated heterocycles. The van der Waals surface area contributed by atoms with Crippen LogP contribution >= 0.6 is 11.8 Å². The molecule has 3 atom stereocenters. The van der Waals surface area contributed by atoms with Crippen molar-refractivity contribution in [1.82, 2.24) is 9.88 Å². The molecular weight excluding hydrogens is 516 g/mol. The Morgan fingerprint density at radius 2 is 1.92 bits per heavy atom. The number of halogens is 2. The Labute approximate surface area is 230 Å². The number of nitrogens with two attached hydrogens (primary N) is 1. The molecule has 3 aromatic rings. The van der Waals surface area contributed by atoms with Crippen LogP contribution in [0.15, 0.2) is 65.8 Å². The van der Waals surface area contributed by atoms with Crippen molar-refractivity contribution < 1.29 is 13.6 Å². The van der Waals surface area contributed by atoms with Crippen molar-refractivity contribution in [2.45, 2.75) is 44.1 Å². The summed E-state index contributed by atoms with van der Waals surface area (Å²) in [5.74, 6) is -1.37. The van der Waals surface area contributed by atoms with Crippen LogP contribution < -0.4 is 5.73 Å². The molecule has 0 bridgehead atoms. The Bertz CT molecular complexity index is 1510. The zero-order chi connectivity index (χ0) is 27.7. The number of nitrogens with zero attached hydrogens (tertiary/aromatic N) is 4. The van der Waals surface area contributed by atoms with Gasteiger partial charge in [-0.05, 0) is 66.3 Å². The summed E-state index contributed by atoms with van der Waals surface area (Å²) in [5.41, 5.74) is 8.60. The SMILES string of the molecule is C[C@@H]1CC(C(=O)N2Cc3ccccc3C2)SC(N)=N[C@]1(C)c1cc(/C=C(\F)c2ccc(C#N)cn2)ccc1F. The first-order valence-corrected chi connectivity index (χ1v) is 13.5. The molecule has 0 fully saturated rings. The predicted octanol–water partition coefficient (Wildman–Crippen LogP) is 5.77. The number of aliphatic imine (C=N–C) groups is 1. The number of hydrogen-bond acceptors (Lipinski definition) is 6. The van der Waals surface area contributed by atoms with Crippen molar-refractivity contribution in [3.63, 3.8) is 0 Å². The van der Waals surface area contributed by atoms with Gasteiger partial charge in [0.2, 0.25) is 5.91 Å². The van der Waals surface area contributed by atoms with E-state index in [1.54, 1.807) is 13.0 Å². The standard InChI is InChI=1S/C30H27F2N5OS/c1-18-11-27(28(38)37-16-21-5-3-4-6-22(21)17-37)39-29(34)36-30(18,2)23-12-19(7-9-24(23)31)13-25(32)26-10-8-20(14-33)15-35-26/h3-10,12-13,15,18,27H,11,16-17H2,1-2H3,(H2,34,36)/b25-13-/t18-,27?,30+/m1/s1. The molecule has 198 valence electrons. The van der Waals surface area contributed by atoms with Gasteiger partial charge in [0.15, 0.2) is 5.17 Å². The van der Waals surface area contributed by atoms with Gasteiger partial charge in [-0.3, -0.25) is 14.8 Å². The number of benzene rings is 2. The van der Waals surface area contributed by atoms with Gasteiger partial charge in [0.1, 0.15) is 17.7 Å². The minimum atomic E-state index is -1.07. The third-order valence-electron chi connectivity index (χ3n) is 7.53. The van der Waals surface area contributed by atoms with Crippen molar-refractivity contribution in [1.29, 1.82) is 5.26 Å². The lowest BCUT2D eigenvalue weighted by Crippen LogP contribution is -2.37. The molecular formula is C30H27F2N5OS. The average molecular weight is 544 g/mol. The van der Waals surface area contributed by atoms with E-state index in [4.69, 9.17) is 16.0 Å². The van der Waals surface area contributed by atoms with Crippen LogP contribution in [0.2, 0.25) is 0 Å². The van der Waals surface area contributed by atoms with Crippen LogP contribution in [-0.4, -0.2) is 26.2 Å². The molecule has 6 nitrogen and oxygen atoms in total. The maximum absolute atomic E-state index is 15.3. The van der Waals surface area contributed by atoms with Crippen LogP contribution in [0.4, 0.5) is 8.78 Å². The fraction of sp³-hybridized carbons (Fsp3) is 0.267. The first-order valence-electron chi connectivity index (χ1n) is 12.6. The number of fused-ring (bicyclic) bond motifs is 1. The number of amidine groups is 1. The molecule has 2 N–H and O–H groups in total. The summed E-state index contributed by atoms with van der Waals surface area (Å²) in [4.78, 5) is 24.0. The number of rotatable bonds is 4. The van der Waals surface area contributed by atoms with E-state index in [0.29, 0.717) is 30.6 Å². The van der Waals surface area contributed by atoms with E-state index in [-0.39, 0.29) is 28.3 Å². The van der Waals surface area contributed by atoms with Gasteiger partial charge in [0.05, 0.1) is 22.0 Å². The Hall–Kier alpha value is -4.03. The lowest BCUT2D eigenvalue weighted by molar-refractivity contribution is -0.131. The summed E-state index contributed by atoms with van der Waals surface area (Å²) < 4.78 is 30.2. The van der Waals surface area contributed by atoms with Crippen LogP contribution in [0, 0.1) is 23.1 Å². The lowest BCUT2D eigenvalue weighted by Gasteiger charge is -2.33. The zero-order valence-corrected chi connectivity index (χ0v) is 22.4. The number of nitriles is 1. The quantitative estimate of drug-likeness (QED) is 0.451. The molecule has 39 heavy (non-hydrogen) atoms. The van der Waals surface area contributed by atoms with Crippen LogP contribution in [0.1, 0.15) is 53.8 Å². The highest BCUT2D eigenvalue weighted by atomic mass is 32.2. The Balaban J connectivity index is 1.40. The molecule has 5 rings (SSSR count). The Morgan fingerprint density at radius 1 is 1.21 bits per heavy atom. The first kappa shape index (κ1) is 26.6. The number of amides is 1. The van der Waals surface area contributed by atoms with Crippen molar-refractivity contribution in [3.05, 3.63) is 100 Å². The highest BCUT2D eigenvalue weighted by molar-refractivity contribution is 8.14. The maximum atomic E-state index is 15.3. The van der Waals surface area contributed by atoms with Gasteiger partial charge >= 0.3 is 0 Å². The number of carbonyl (C=O) groups excluding carboxylic acids is 1. The zero-order valence-electron chi connectivity index (χ0n) is 21.6. The summed E-state index contributed by atoms with van der Waals surface area (Å²) in [6, 6.07) is 17.2. The number of aromatic nitrogens is 1. The van der Waals surface area contributed by atoms with Crippen LogP contribution in [0.3, 0.4) is 0 Å². The minimum Gasteiger partial charge on any atom is -0.378 e. The molecule has 1 aromatic heterocycles. The van der Waals surface area contributed by atoms with Crippen LogP contribution in [0.25, 0.3) is 11.9 Å². The summed E-state index contributed by atoms with van der Waals surface area (Å²) in [6.07, 6.45) is 3.00. The molecule has 2 aliphatic rings. The maximum Gasteiger partial charge on any atom is 0.236 e. The molecule has 1 amide bonds. The summed E-state index contributed by atoms with van der Waals surface area (Å²) >= 11 is 1.21. The number of hydrogen-bond donors (Lipinski definition) is 1. The molecule has 9 heteroatoms. The van der Waals surface area contributed by atoms with E-state index in [2.05, 4.69) is 4.98 Å². The van der Waals surface area contributed by atoms with E-state index in [0.717, 1.165) is 11.1 Å². The largest absolute Gasteiger partial charge is 0.378 e. The van der Waals surface area contributed by atoms with Gasteiger partial charge in [0.25, 0.3) is 0 Å². The lowest BCUT2D eigenvalue weighted by atomic mass is 9.78. The van der Waals surface area contributed by atoms with E-state index >= 15 is 4.39 Å². The first-order chi connectivity index (χ1) is 18.7. The molecule has 1 unspecified atom stereocenters. The Morgan fingerprint density at radius 3 is 2.56 bits per heavy atom. The van der Waals surface area contributed by atoms with Gasteiger partial charge in [-0.2, -0.15) is 5.26 Å². The summed E-state index contributed by atoms with van der Waals surface area (Å²) in [5, 5.41) is 8.69. The van der Waals surface area contributed by atoms with Crippen molar-refractivity contribution in [2.75, 3.05) is 0 Å². The fourth-order valence-corrected chi connectivity index (χ4v) is 6.29. The second-order valence-electron chi connectivity index (χ2n) is 10.1. The second-order valence-corrected chi connectivity index (χ2v) is 11.3. The number of thioether (sulfide) groups is 1. The normalized spacial score (nSPS) is 23.0. The van der Waals surface area contributed by atoms with E-state index in [1.165, 1.54) is 48.3 Å². The van der Waals surface area contributed by atoms with Gasteiger partial charge in [0, 0.05) is 24.8 Å². The highest BCUT2D eigenvalue weighted by Gasteiger charge is 2.42. The summed E-state index contributed by atoms with van der Waals surface area (Å²) in [7, 11) is 0. The van der Waals surface area contributed by atoms with Crippen molar-refractivity contribution in [2.24, 2.45) is 16.6 Å². The topological polar surface area (TPSA) is 95.4 Å². The van der Waals surface area contributed by atoms with Crippen molar-refractivity contribution in [3.8, 4) is 6.07 Å². The van der Waals surface area contributed by atoms with E-state index < -0.39 is 22.4 Å². The third kappa shape index (κ3) is 5.30.